The highest BCUT2D eigenvalue weighted by Gasteiger charge is 2.35. The molecule has 50 heavy (non-hydrogen) atoms. The largest absolute Gasteiger partial charge is 0.310 e. The third-order valence-electron chi connectivity index (χ3n) is 10.5. The first kappa shape index (κ1) is 29.7. The Labute approximate surface area is 293 Å². The summed E-state index contributed by atoms with van der Waals surface area (Å²) in [6, 6.07) is 63.4. The molecular formula is C48H34N2. The number of nitriles is 1. The van der Waals surface area contributed by atoms with Gasteiger partial charge in [-0.15, -0.1) is 0 Å². The molecule has 0 saturated heterocycles. The Morgan fingerprint density at radius 2 is 0.920 bits per heavy atom. The average molecular weight is 639 g/mol. The second-order valence-electron chi connectivity index (χ2n) is 13.8. The molecular weight excluding hydrogens is 605 g/mol. The van der Waals surface area contributed by atoms with Crippen LogP contribution in [0.4, 0.5) is 17.1 Å². The predicted octanol–water partition coefficient (Wildman–Crippen LogP) is 13.0. The van der Waals surface area contributed by atoms with Crippen LogP contribution in [-0.2, 0) is 5.41 Å². The van der Waals surface area contributed by atoms with Gasteiger partial charge in [0.15, 0.2) is 0 Å². The molecule has 0 N–H and O–H groups in total. The normalized spacial score (nSPS) is 12.7. The second kappa shape index (κ2) is 11.6. The van der Waals surface area contributed by atoms with E-state index in [0.29, 0.717) is 5.56 Å². The van der Waals surface area contributed by atoms with Crippen LogP contribution < -0.4 is 4.90 Å². The lowest BCUT2D eigenvalue weighted by Gasteiger charge is -2.28. The summed E-state index contributed by atoms with van der Waals surface area (Å²) in [5.41, 5.74) is 14.0. The first-order valence-corrected chi connectivity index (χ1v) is 17.1. The maximum absolute atomic E-state index is 9.32. The molecule has 0 spiro atoms. The van der Waals surface area contributed by atoms with Crippen LogP contribution in [0.2, 0.25) is 0 Å². The van der Waals surface area contributed by atoms with E-state index in [2.05, 4.69) is 176 Å². The SMILES string of the molecule is CC1(C)c2ccccc2-c2ccc(N(c3ccc(-c4ccc5ccccc5c4)cc3)c3ccc(-c4ccc5cc(C#N)ccc5c4)cc3)cc21. The Kier molecular flexibility index (Phi) is 6.90. The van der Waals surface area contributed by atoms with Crippen molar-refractivity contribution in [3.63, 3.8) is 0 Å². The van der Waals surface area contributed by atoms with Crippen LogP contribution >= 0.6 is 0 Å². The van der Waals surface area contributed by atoms with Crippen LogP contribution in [0.1, 0.15) is 30.5 Å². The summed E-state index contributed by atoms with van der Waals surface area (Å²) in [4.78, 5) is 2.37. The molecule has 0 fully saturated rings. The first-order chi connectivity index (χ1) is 24.5. The minimum atomic E-state index is -0.0957. The fourth-order valence-corrected chi connectivity index (χ4v) is 7.75. The number of hydrogen-bond donors (Lipinski definition) is 0. The summed E-state index contributed by atoms with van der Waals surface area (Å²) in [7, 11) is 0. The van der Waals surface area contributed by atoms with E-state index in [-0.39, 0.29) is 5.41 Å². The summed E-state index contributed by atoms with van der Waals surface area (Å²) < 4.78 is 0. The molecule has 2 nitrogen and oxygen atoms in total. The van der Waals surface area contributed by atoms with Crippen LogP contribution in [0.25, 0.3) is 54.9 Å². The molecule has 2 heteroatoms. The maximum atomic E-state index is 9.32. The van der Waals surface area contributed by atoms with Crippen molar-refractivity contribution in [3.05, 3.63) is 187 Å². The smallest absolute Gasteiger partial charge is 0.0991 e. The van der Waals surface area contributed by atoms with Gasteiger partial charge >= 0.3 is 0 Å². The zero-order valence-electron chi connectivity index (χ0n) is 28.1. The Morgan fingerprint density at radius 3 is 1.60 bits per heavy atom. The van der Waals surface area contributed by atoms with Crippen molar-refractivity contribution in [2.75, 3.05) is 4.90 Å². The molecule has 236 valence electrons. The van der Waals surface area contributed by atoms with Crippen molar-refractivity contribution in [1.29, 1.82) is 5.26 Å². The van der Waals surface area contributed by atoms with Crippen molar-refractivity contribution in [3.8, 4) is 39.4 Å². The molecule has 8 aromatic rings. The highest BCUT2D eigenvalue weighted by Crippen LogP contribution is 2.50. The van der Waals surface area contributed by atoms with E-state index in [4.69, 9.17) is 0 Å². The molecule has 0 atom stereocenters. The topological polar surface area (TPSA) is 27.0 Å². The van der Waals surface area contributed by atoms with Gasteiger partial charge in [0.1, 0.15) is 0 Å². The van der Waals surface area contributed by atoms with Crippen LogP contribution in [-0.4, -0.2) is 0 Å². The minimum absolute atomic E-state index is 0.0957. The molecule has 9 rings (SSSR count). The first-order valence-electron chi connectivity index (χ1n) is 17.1. The van der Waals surface area contributed by atoms with Gasteiger partial charge in [-0.3, -0.25) is 0 Å². The fourth-order valence-electron chi connectivity index (χ4n) is 7.75. The van der Waals surface area contributed by atoms with Gasteiger partial charge in [-0.25, -0.2) is 0 Å². The molecule has 0 amide bonds. The Hall–Kier alpha value is -6.43. The standard InChI is InChI=1S/C48H34N2/c1-48(2)46-10-6-5-9-44(46)45-26-25-43(30-47(45)48)50(41-21-17-34(18-22-41)38-14-13-33-7-3-4-8-36(33)28-38)42-23-19-35(20-24-42)39-16-15-37-27-32(31-49)11-12-40(37)29-39/h3-30H,1-2H3. The van der Waals surface area contributed by atoms with Crippen LogP contribution in [0.15, 0.2) is 170 Å². The van der Waals surface area contributed by atoms with Gasteiger partial charge in [0, 0.05) is 22.5 Å². The number of anilines is 3. The summed E-state index contributed by atoms with van der Waals surface area (Å²) >= 11 is 0. The van der Waals surface area contributed by atoms with Crippen molar-refractivity contribution in [1.82, 2.24) is 0 Å². The molecule has 8 aromatic carbocycles. The molecule has 1 aliphatic rings. The summed E-state index contributed by atoms with van der Waals surface area (Å²) in [5.74, 6) is 0. The lowest BCUT2D eigenvalue weighted by molar-refractivity contribution is 0.660. The van der Waals surface area contributed by atoms with Crippen molar-refractivity contribution in [2.24, 2.45) is 0 Å². The maximum Gasteiger partial charge on any atom is 0.0991 e. The van der Waals surface area contributed by atoms with Gasteiger partial charge in [0.25, 0.3) is 0 Å². The number of benzene rings is 8. The average Bonchev–Trinajstić information content (AvgIpc) is 3.40. The molecule has 0 heterocycles. The molecule has 0 saturated carbocycles. The van der Waals surface area contributed by atoms with E-state index in [9.17, 15) is 5.26 Å². The zero-order chi connectivity index (χ0) is 33.8. The van der Waals surface area contributed by atoms with Crippen molar-refractivity contribution >= 4 is 38.6 Å². The quantitative estimate of drug-likeness (QED) is 0.188. The van der Waals surface area contributed by atoms with Crippen LogP contribution in [0.5, 0.6) is 0 Å². The molecule has 0 unspecified atom stereocenters. The van der Waals surface area contributed by atoms with E-state index in [0.717, 1.165) is 39.0 Å². The number of rotatable bonds is 5. The third-order valence-corrected chi connectivity index (χ3v) is 10.5. The van der Waals surface area contributed by atoms with E-state index in [1.807, 2.05) is 18.2 Å². The van der Waals surface area contributed by atoms with Gasteiger partial charge < -0.3 is 4.90 Å². The van der Waals surface area contributed by atoms with E-state index in [1.54, 1.807) is 0 Å². The number of nitrogens with zero attached hydrogens (tertiary/aromatic N) is 2. The summed E-state index contributed by atoms with van der Waals surface area (Å²) in [6.45, 7) is 4.67. The zero-order valence-corrected chi connectivity index (χ0v) is 28.1. The minimum Gasteiger partial charge on any atom is -0.310 e. The lowest BCUT2D eigenvalue weighted by atomic mass is 9.82. The molecule has 0 aromatic heterocycles. The Morgan fingerprint density at radius 1 is 0.420 bits per heavy atom. The van der Waals surface area contributed by atoms with E-state index >= 15 is 0 Å². The van der Waals surface area contributed by atoms with E-state index < -0.39 is 0 Å². The monoisotopic (exact) mass is 638 g/mol. The van der Waals surface area contributed by atoms with Crippen LogP contribution in [0.3, 0.4) is 0 Å². The Bertz CT molecular complexity index is 2620. The van der Waals surface area contributed by atoms with Gasteiger partial charge in [0.2, 0.25) is 0 Å². The summed E-state index contributed by atoms with van der Waals surface area (Å²) in [5, 5.41) is 14.0. The van der Waals surface area contributed by atoms with Crippen LogP contribution in [0, 0.1) is 11.3 Å². The number of fused-ring (bicyclic) bond motifs is 5. The van der Waals surface area contributed by atoms with Crippen molar-refractivity contribution < 1.29 is 0 Å². The highest BCUT2D eigenvalue weighted by atomic mass is 15.1. The molecule has 0 aliphatic heterocycles. The molecule has 1 aliphatic carbocycles. The fraction of sp³-hybridized carbons (Fsp3) is 0.0625. The van der Waals surface area contributed by atoms with E-state index in [1.165, 1.54) is 44.2 Å². The Balaban J connectivity index is 1.12. The second-order valence-corrected chi connectivity index (χ2v) is 13.8. The molecule has 0 bridgehead atoms. The predicted molar refractivity (Wildman–Crippen MR) is 209 cm³/mol. The van der Waals surface area contributed by atoms with Gasteiger partial charge in [-0.1, -0.05) is 123 Å². The van der Waals surface area contributed by atoms with Crippen molar-refractivity contribution in [2.45, 2.75) is 19.3 Å². The lowest BCUT2D eigenvalue weighted by Crippen LogP contribution is -2.16. The third kappa shape index (κ3) is 4.95. The van der Waals surface area contributed by atoms with Gasteiger partial charge in [0.05, 0.1) is 11.6 Å². The van der Waals surface area contributed by atoms with Gasteiger partial charge in [-0.05, 0) is 127 Å². The summed E-state index contributed by atoms with van der Waals surface area (Å²) in [6.07, 6.45) is 0. The molecule has 0 radical (unpaired) electrons. The van der Waals surface area contributed by atoms with Gasteiger partial charge in [-0.2, -0.15) is 5.26 Å². The highest BCUT2D eigenvalue weighted by molar-refractivity contribution is 5.91. The number of hydrogen-bond acceptors (Lipinski definition) is 2.